The summed E-state index contributed by atoms with van der Waals surface area (Å²) in [4.78, 5) is 29.0. The van der Waals surface area contributed by atoms with Crippen LogP contribution in [-0.2, 0) is 9.53 Å². The van der Waals surface area contributed by atoms with Crippen LogP contribution in [0.3, 0.4) is 0 Å². The standard InChI is InChI=1S/C20H32N4O3/c1-16(2)24-14-17(13-21-24)19(26)22-10-7-20(8-11-22)6-5-18(25)23(15-20)9-4-12-27-3/h13-14,16H,4-12,15H2,1-3H3. The molecule has 0 atom stereocenters. The Bertz CT molecular complexity index is 662. The maximum atomic E-state index is 12.8. The molecular weight excluding hydrogens is 344 g/mol. The second kappa shape index (κ2) is 8.42. The lowest BCUT2D eigenvalue weighted by molar-refractivity contribution is -0.139. The van der Waals surface area contributed by atoms with Crippen molar-refractivity contribution >= 4 is 11.8 Å². The molecule has 1 spiro atoms. The first kappa shape index (κ1) is 19.9. The Kier molecular flexibility index (Phi) is 6.19. The normalized spacial score (nSPS) is 19.9. The second-order valence-corrected chi connectivity index (χ2v) is 8.26. The summed E-state index contributed by atoms with van der Waals surface area (Å²) < 4.78 is 6.94. The molecule has 27 heavy (non-hydrogen) atoms. The summed E-state index contributed by atoms with van der Waals surface area (Å²) in [6, 6.07) is 0.250. The molecule has 0 bridgehead atoms. The first-order chi connectivity index (χ1) is 12.9. The van der Waals surface area contributed by atoms with Crippen molar-refractivity contribution in [3.05, 3.63) is 18.0 Å². The predicted octanol–water partition coefficient (Wildman–Crippen LogP) is 2.35. The van der Waals surface area contributed by atoms with E-state index >= 15 is 0 Å². The Hall–Kier alpha value is -1.89. The smallest absolute Gasteiger partial charge is 0.257 e. The molecule has 7 nitrogen and oxygen atoms in total. The minimum atomic E-state index is 0.0700. The summed E-state index contributed by atoms with van der Waals surface area (Å²) >= 11 is 0. The van der Waals surface area contributed by atoms with Crippen LogP contribution in [0, 0.1) is 5.41 Å². The molecule has 7 heteroatoms. The lowest BCUT2D eigenvalue weighted by Gasteiger charge is -2.47. The Labute approximate surface area is 161 Å². The fourth-order valence-corrected chi connectivity index (χ4v) is 4.21. The Balaban J connectivity index is 1.57. The lowest BCUT2D eigenvalue weighted by Crippen LogP contribution is -2.52. The molecule has 0 radical (unpaired) electrons. The van der Waals surface area contributed by atoms with Gasteiger partial charge in [0.2, 0.25) is 5.91 Å². The van der Waals surface area contributed by atoms with Gasteiger partial charge in [0.25, 0.3) is 5.91 Å². The Morgan fingerprint density at radius 2 is 2.04 bits per heavy atom. The van der Waals surface area contributed by atoms with Gasteiger partial charge in [-0.25, -0.2) is 0 Å². The van der Waals surface area contributed by atoms with E-state index in [-0.39, 0.29) is 23.3 Å². The third-order valence-electron chi connectivity index (χ3n) is 6.01. The number of likely N-dealkylation sites (tertiary alicyclic amines) is 2. The van der Waals surface area contributed by atoms with Gasteiger partial charge in [0, 0.05) is 58.6 Å². The van der Waals surface area contributed by atoms with E-state index in [1.54, 1.807) is 13.3 Å². The van der Waals surface area contributed by atoms with Crippen LogP contribution < -0.4 is 0 Å². The van der Waals surface area contributed by atoms with Crippen LogP contribution in [0.1, 0.15) is 62.4 Å². The summed E-state index contributed by atoms with van der Waals surface area (Å²) in [5, 5.41) is 4.28. The van der Waals surface area contributed by atoms with E-state index in [0.29, 0.717) is 18.6 Å². The summed E-state index contributed by atoms with van der Waals surface area (Å²) in [6.07, 6.45) is 7.89. The lowest BCUT2D eigenvalue weighted by atomic mass is 9.72. The molecule has 0 unspecified atom stereocenters. The molecule has 0 saturated carbocycles. The molecular formula is C20H32N4O3. The average molecular weight is 377 g/mol. The second-order valence-electron chi connectivity index (χ2n) is 8.26. The van der Waals surface area contributed by atoms with Crippen molar-refractivity contribution < 1.29 is 14.3 Å². The number of hydrogen-bond donors (Lipinski definition) is 0. The van der Waals surface area contributed by atoms with Crippen molar-refractivity contribution in [1.82, 2.24) is 19.6 Å². The maximum Gasteiger partial charge on any atom is 0.257 e. The van der Waals surface area contributed by atoms with Crippen LogP contribution in [0.2, 0.25) is 0 Å². The molecule has 2 aliphatic heterocycles. The van der Waals surface area contributed by atoms with Gasteiger partial charge in [-0.15, -0.1) is 0 Å². The summed E-state index contributed by atoms with van der Waals surface area (Å²) in [6.45, 7) is 7.89. The third kappa shape index (κ3) is 4.51. The van der Waals surface area contributed by atoms with Crippen molar-refractivity contribution in [2.45, 2.75) is 52.0 Å². The third-order valence-corrected chi connectivity index (χ3v) is 6.01. The highest BCUT2D eigenvalue weighted by molar-refractivity contribution is 5.93. The molecule has 2 saturated heterocycles. The number of ether oxygens (including phenoxy) is 1. The van der Waals surface area contributed by atoms with Crippen molar-refractivity contribution in [1.29, 1.82) is 0 Å². The van der Waals surface area contributed by atoms with Gasteiger partial charge in [0.15, 0.2) is 0 Å². The van der Waals surface area contributed by atoms with Crippen molar-refractivity contribution in [3.8, 4) is 0 Å². The Morgan fingerprint density at radius 3 is 2.67 bits per heavy atom. The van der Waals surface area contributed by atoms with Gasteiger partial charge < -0.3 is 14.5 Å². The van der Waals surface area contributed by atoms with E-state index in [2.05, 4.69) is 18.9 Å². The maximum absolute atomic E-state index is 12.8. The van der Waals surface area contributed by atoms with Gasteiger partial charge in [-0.3, -0.25) is 14.3 Å². The molecule has 2 fully saturated rings. The zero-order chi connectivity index (χ0) is 19.4. The molecule has 2 amide bonds. The molecule has 0 aliphatic carbocycles. The number of nitrogens with zero attached hydrogens (tertiary/aromatic N) is 4. The van der Waals surface area contributed by atoms with E-state index in [4.69, 9.17) is 4.74 Å². The van der Waals surface area contributed by atoms with Gasteiger partial charge in [-0.2, -0.15) is 5.10 Å². The van der Waals surface area contributed by atoms with Gasteiger partial charge >= 0.3 is 0 Å². The minimum Gasteiger partial charge on any atom is -0.385 e. The topological polar surface area (TPSA) is 67.7 Å². The van der Waals surface area contributed by atoms with Crippen LogP contribution in [0.5, 0.6) is 0 Å². The molecule has 0 aromatic carbocycles. The average Bonchev–Trinajstić information content (AvgIpc) is 3.16. The highest BCUT2D eigenvalue weighted by Gasteiger charge is 2.41. The molecule has 3 rings (SSSR count). The number of amides is 2. The quantitative estimate of drug-likeness (QED) is 0.715. The molecule has 3 heterocycles. The van der Waals surface area contributed by atoms with Crippen molar-refractivity contribution in [2.24, 2.45) is 5.41 Å². The number of piperidine rings is 2. The van der Waals surface area contributed by atoms with E-state index in [9.17, 15) is 9.59 Å². The fourth-order valence-electron chi connectivity index (χ4n) is 4.21. The number of aromatic nitrogens is 2. The summed E-state index contributed by atoms with van der Waals surface area (Å²) in [5.74, 6) is 0.330. The molecule has 1 aromatic heterocycles. The zero-order valence-corrected chi connectivity index (χ0v) is 16.8. The van der Waals surface area contributed by atoms with Gasteiger partial charge in [-0.1, -0.05) is 0 Å². The molecule has 0 N–H and O–H groups in total. The van der Waals surface area contributed by atoms with E-state index in [0.717, 1.165) is 51.9 Å². The van der Waals surface area contributed by atoms with Gasteiger partial charge in [-0.05, 0) is 44.9 Å². The van der Waals surface area contributed by atoms with Crippen LogP contribution in [0.15, 0.2) is 12.4 Å². The first-order valence-corrected chi connectivity index (χ1v) is 10.0. The summed E-state index contributed by atoms with van der Waals surface area (Å²) in [7, 11) is 1.69. The summed E-state index contributed by atoms with van der Waals surface area (Å²) in [5.41, 5.74) is 0.833. The Morgan fingerprint density at radius 1 is 1.30 bits per heavy atom. The molecule has 1 aromatic rings. The monoisotopic (exact) mass is 376 g/mol. The van der Waals surface area contributed by atoms with Gasteiger partial charge in [0.05, 0.1) is 11.8 Å². The van der Waals surface area contributed by atoms with E-state index in [1.165, 1.54) is 0 Å². The number of carbonyl (C=O) groups excluding carboxylic acids is 2. The minimum absolute atomic E-state index is 0.0700. The van der Waals surface area contributed by atoms with Gasteiger partial charge in [0.1, 0.15) is 0 Å². The van der Waals surface area contributed by atoms with Crippen LogP contribution >= 0.6 is 0 Å². The van der Waals surface area contributed by atoms with Crippen molar-refractivity contribution in [3.63, 3.8) is 0 Å². The van der Waals surface area contributed by atoms with Crippen molar-refractivity contribution in [2.75, 3.05) is 39.9 Å². The molecule has 2 aliphatic rings. The van der Waals surface area contributed by atoms with E-state index in [1.807, 2.05) is 20.7 Å². The SMILES string of the molecule is COCCCN1CC2(CCC1=O)CCN(C(=O)c1cnn(C(C)C)c1)CC2. The largest absolute Gasteiger partial charge is 0.385 e. The highest BCUT2D eigenvalue weighted by atomic mass is 16.5. The zero-order valence-electron chi connectivity index (χ0n) is 16.8. The predicted molar refractivity (Wildman–Crippen MR) is 102 cm³/mol. The molecule has 150 valence electrons. The van der Waals surface area contributed by atoms with E-state index < -0.39 is 0 Å². The number of methoxy groups -OCH3 is 1. The van der Waals surface area contributed by atoms with Crippen LogP contribution in [-0.4, -0.2) is 71.3 Å². The highest BCUT2D eigenvalue weighted by Crippen LogP contribution is 2.40. The first-order valence-electron chi connectivity index (χ1n) is 10.0. The fraction of sp³-hybridized carbons (Fsp3) is 0.750. The van der Waals surface area contributed by atoms with Crippen LogP contribution in [0.4, 0.5) is 0 Å². The number of hydrogen-bond acceptors (Lipinski definition) is 4. The van der Waals surface area contributed by atoms with Crippen LogP contribution in [0.25, 0.3) is 0 Å². The number of carbonyl (C=O) groups is 2. The number of rotatable bonds is 6.